The Kier molecular flexibility index (Phi) is 6.31. The van der Waals surface area contributed by atoms with Gasteiger partial charge >= 0.3 is 0 Å². The lowest BCUT2D eigenvalue weighted by Crippen LogP contribution is -2.24. The van der Waals surface area contributed by atoms with Crippen LogP contribution >= 0.6 is 22.6 Å². The number of unbranched alkanes of at least 4 members (excludes halogenated alkanes) is 2. The van der Waals surface area contributed by atoms with E-state index < -0.39 is 0 Å². The minimum atomic E-state index is -0.0300. The topological polar surface area (TPSA) is 42.0 Å². The van der Waals surface area contributed by atoms with Crippen molar-refractivity contribution in [2.45, 2.75) is 19.3 Å². The van der Waals surface area contributed by atoms with Crippen LogP contribution in [-0.2, 0) is 0 Å². The van der Waals surface area contributed by atoms with Crippen molar-refractivity contribution < 1.29 is 4.79 Å². The number of nitrogens with zero attached hydrogens (tertiary/aromatic N) is 1. The van der Waals surface area contributed by atoms with E-state index in [1.807, 2.05) is 0 Å². The third kappa shape index (κ3) is 5.11. The van der Waals surface area contributed by atoms with Crippen LogP contribution < -0.4 is 5.32 Å². The molecule has 3 nitrogen and oxygen atoms in total. The molecule has 1 heterocycles. The molecule has 0 aromatic carbocycles. The molecule has 1 rings (SSSR count). The number of carbonyl (C=O) groups excluding carboxylic acids is 1. The summed E-state index contributed by atoms with van der Waals surface area (Å²) in [5, 5.41) is 2.88. The van der Waals surface area contributed by atoms with Gasteiger partial charge in [0, 0.05) is 18.9 Å². The van der Waals surface area contributed by atoms with Crippen LogP contribution in [0.15, 0.2) is 24.5 Å². The first-order chi connectivity index (χ1) is 7.34. The van der Waals surface area contributed by atoms with Gasteiger partial charge in [-0.15, -0.1) is 0 Å². The fraction of sp³-hybridized carbons (Fsp3) is 0.455. The van der Waals surface area contributed by atoms with Gasteiger partial charge < -0.3 is 5.32 Å². The third-order valence-corrected chi connectivity index (χ3v) is 2.78. The number of amides is 1. The van der Waals surface area contributed by atoms with Gasteiger partial charge in [-0.25, -0.2) is 0 Å². The molecule has 0 spiro atoms. The zero-order valence-electron chi connectivity index (χ0n) is 8.58. The van der Waals surface area contributed by atoms with Gasteiger partial charge in [0.2, 0.25) is 0 Å². The van der Waals surface area contributed by atoms with Crippen LogP contribution in [0.4, 0.5) is 0 Å². The summed E-state index contributed by atoms with van der Waals surface area (Å²) in [6.45, 7) is 0.754. The van der Waals surface area contributed by atoms with E-state index >= 15 is 0 Å². The summed E-state index contributed by atoms with van der Waals surface area (Å²) < 4.78 is 1.19. The predicted molar refractivity (Wildman–Crippen MR) is 69.3 cm³/mol. The number of carbonyl (C=O) groups is 1. The van der Waals surface area contributed by atoms with E-state index in [1.54, 1.807) is 24.5 Å². The SMILES string of the molecule is O=C(NCCCCCI)c1cccnc1. The average Bonchev–Trinajstić information content (AvgIpc) is 2.30. The number of nitrogens with one attached hydrogen (secondary N) is 1. The number of hydrogen-bond donors (Lipinski definition) is 1. The Hall–Kier alpha value is -0.650. The number of aromatic nitrogens is 1. The van der Waals surface area contributed by atoms with Crippen molar-refractivity contribution in [3.05, 3.63) is 30.1 Å². The van der Waals surface area contributed by atoms with Gasteiger partial charge in [-0.05, 0) is 29.4 Å². The summed E-state index contributed by atoms with van der Waals surface area (Å²) in [6.07, 6.45) is 6.70. The highest BCUT2D eigenvalue weighted by Crippen LogP contribution is 1.99. The Morgan fingerprint density at radius 1 is 1.40 bits per heavy atom. The fourth-order valence-corrected chi connectivity index (χ4v) is 1.74. The van der Waals surface area contributed by atoms with Crippen LogP contribution in [0.1, 0.15) is 29.6 Å². The van der Waals surface area contributed by atoms with E-state index in [-0.39, 0.29) is 5.91 Å². The molecular formula is C11H15IN2O. The van der Waals surface area contributed by atoms with E-state index in [2.05, 4.69) is 32.9 Å². The summed E-state index contributed by atoms with van der Waals surface area (Å²) in [4.78, 5) is 15.4. The maximum absolute atomic E-state index is 11.5. The average molecular weight is 318 g/mol. The Labute approximate surface area is 104 Å². The van der Waals surface area contributed by atoms with E-state index in [0.717, 1.165) is 13.0 Å². The van der Waals surface area contributed by atoms with Crippen molar-refractivity contribution in [1.82, 2.24) is 10.3 Å². The summed E-state index contributed by atoms with van der Waals surface area (Å²) in [7, 11) is 0. The molecule has 0 unspecified atom stereocenters. The zero-order chi connectivity index (χ0) is 10.9. The summed E-state index contributed by atoms with van der Waals surface area (Å²) in [6, 6.07) is 3.54. The van der Waals surface area contributed by atoms with Crippen molar-refractivity contribution in [2.24, 2.45) is 0 Å². The molecule has 0 aliphatic heterocycles. The minimum absolute atomic E-state index is 0.0300. The molecule has 0 saturated carbocycles. The predicted octanol–water partition coefficient (Wildman–Crippen LogP) is 2.42. The molecular weight excluding hydrogens is 303 g/mol. The maximum Gasteiger partial charge on any atom is 0.252 e. The lowest BCUT2D eigenvalue weighted by molar-refractivity contribution is 0.0952. The van der Waals surface area contributed by atoms with Crippen molar-refractivity contribution in [2.75, 3.05) is 11.0 Å². The molecule has 0 bridgehead atoms. The number of halogens is 1. The highest BCUT2D eigenvalue weighted by Gasteiger charge is 2.02. The number of hydrogen-bond acceptors (Lipinski definition) is 2. The smallest absolute Gasteiger partial charge is 0.252 e. The van der Waals surface area contributed by atoms with Gasteiger partial charge in [-0.2, -0.15) is 0 Å². The van der Waals surface area contributed by atoms with Crippen molar-refractivity contribution in [3.63, 3.8) is 0 Å². The molecule has 1 amide bonds. The highest BCUT2D eigenvalue weighted by molar-refractivity contribution is 14.1. The minimum Gasteiger partial charge on any atom is -0.352 e. The summed E-state index contributed by atoms with van der Waals surface area (Å²) in [5.74, 6) is -0.0300. The van der Waals surface area contributed by atoms with E-state index in [4.69, 9.17) is 0 Å². The second-order valence-corrected chi connectivity index (χ2v) is 4.33. The molecule has 0 fully saturated rings. The van der Waals surface area contributed by atoms with Gasteiger partial charge in [-0.1, -0.05) is 29.0 Å². The van der Waals surface area contributed by atoms with E-state index in [1.165, 1.54) is 17.3 Å². The molecule has 0 aliphatic carbocycles. The first-order valence-electron chi connectivity index (χ1n) is 5.09. The van der Waals surface area contributed by atoms with Crippen LogP contribution in [0.2, 0.25) is 0 Å². The number of rotatable bonds is 6. The van der Waals surface area contributed by atoms with Crippen molar-refractivity contribution >= 4 is 28.5 Å². The molecule has 4 heteroatoms. The standard InChI is InChI=1S/C11H15IN2O/c12-6-2-1-3-8-14-11(15)10-5-4-7-13-9-10/h4-5,7,9H,1-3,6,8H2,(H,14,15). The molecule has 0 radical (unpaired) electrons. The Balaban J connectivity index is 2.20. The van der Waals surface area contributed by atoms with Crippen LogP contribution in [0, 0.1) is 0 Å². The van der Waals surface area contributed by atoms with Gasteiger partial charge in [0.05, 0.1) is 5.56 Å². The molecule has 1 N–H and O–H groups in total. The van der Waals surface area contributed by atoms with Gasteiger partial charge in [0.1, 0.15) is 0 Å². The number of alkyl halides is 1. The third-order valence-electron chi connectivity index (χ3n) is 2.02. The quantitative estimate of drug-likeness (QED) is 0.497. The van der Waals surface area contributed by atoms with Crippen LogP contribution in [0.5, 0.6) is 0 Å². The first kappa shape index (κ1) is 12.4. The number of pyridine rings is 1. The van der Waals surface area contributed by atoms with Crippen molar-refractivity contribution in [3.8, 4) is 0 Å². The Morgan fingerprint density at radius 2 is 2.27 bits per heavy atom. The molecule has 0 atom stereocenters. The highest BCUT2D eigenvalue weighted by atomic mass is 127. The van der Waals surface area contributed by atoms with Crippen molar-refractivity contribution in [1.29, 1.82) is 0 Å². The van der Waals surface area contributed by atoms with Gasteiger partial charge in [0.15, 0.2) is 0 Å². The first-order valence-corrected chi connectivity index (χ1v) is 6.61. The largest absolute Gasteiger partial charge is 0.352 e. The molecule has 15 heavy (non-hydrogen) atoms. The fourth-order valence-electron chi connectivity index (χ4n) is 1.20. The zero-order valence-corrected chi connectivity index (χ0v) is 10.7. The van der Waals surface area contributed by atoms with Crippen LogP contribution in [-0.4, -0.2) is 21.9 Å². The van der Waals surface area contributed by atoms with Crippen LogP contribution in [0.25, 0.3) is 0 Å². The van der Waals surface area contributed by atoms with E-state index in [0.29, 0.717) is 5.56 Å². The maximum atomic E-state index is 11.5. The van der Waals surface area contributed by atoms with Gasteiger partial charge in [-0.3, -0.25) is 9.78 Å². The van der Waals surface area contributed by atoms with Gasteiger partial charge in [0.25, 0.3) is 5.91 Å². The molecule has 82 valence electrons. The normalized spacial score (nSPS) is 9.93. The second-order valence-electron chi connectivity index (χ2n) is 3.25. The summed E-state index contributed by atoms with van der Waals surface area (Å²) in [5.41, 5.74) is 0.631. The molecule has 0 saturated heterocycles. The lowest BCUT2D eigenvalue weighted by Gasteiger charge is -2.03. The molecule has 1 aromatic rings. The lowest BCUT2D eigenvalue weighted by atomic mass is 10.2. The Morgan fingerprint density at radius 3 is 2.93 bits per heavy atom. The van der Waals surface area contributed by atoms with E-state index in [9.17, 15) is 4.79 Å². The molecule has 1 aromatic heterocycles. The molecule has 0 aliphatic rings. The second kappa shape index (κ2) is 7.62. The monoisotopic (exact) mass is 318 g/mol. The van der Waals surface area contributed by atoms with Crippen LogP contribution in [0.3, 0.4) is 0 Å². The summed E-state index contributed by atoms with van der Waals surface area (Å²) >= 11 is 2.37. The Bertz CT molecular complexity index is 290.